The lowest BCUT2D eigenvalue weighted by Gasteiger charge is -2.30. The van der Waals surface area contributed by atoms with E-state index in [-0.39, 0.29) is 18.1 Å². The minimum atomic E-state index is -0.465. The summed E-state index contributed by atoms with van der Waals surface area (Å²) in [5.41, 5.74) is 2.68. The van der Waals surface area contributed by atoms with Crippen LogP contribution in [0.4, 0.5) is 14.9 Å². The van der Waals surface area contributed by atoms with Crippen molar-refractivity contribution in [2.45, 2.75) is 45.1 Å². The summed E-state index contributed by atoms with van der Waals surface area (Å²) in [4.78, 5) is 18.6. The average Bonchev–Trinajstić information content (AvgIpc) is 3.28. The molecule has 2 heterocycles. The maximum absolute atomic E-state index is 14.8. The van der Waals surface area contributed by atoms with Crippen LogP contribution in [0, 0.1) is 11.2 Å². The third-order valence-corrected chi connectivity index (χ3v) is 6.16. The maximum Gasteiger partial charge on any atom is 0.410 e. The molecule has 2 aromatic carbocycles. The number of carbonyl (C=O) groups excluding carboxylic acids is 1. The van der Waals surface area contributed by atoms with E-state index in [9.17, 15) is 9.18 Å². The zero-order valence-electron chi connectivity index (χ0n) is 19.2. The number of amides is 1. The number of aromatic nitrogens is 1. The van der Waals surface area contributed by atoms with Crippen molar-refractivity contribution in [2.75, 3.05) is 13.1 Å². The Morgan fingerprint density at radius 1 is 1.38 bits per heavy atom. The Hall–Kier alpha value is -3.82. The molecule has 0 bridgehead atoms. The quantitative estimate of drug-likeness (QED) is 0.127. The molecule has 1 unspecified atom stereocenters. The summed E-state index contributed by atoms with van der Waals surface area (Å²) in [7, 11) is 0. The van der Waals surface area contributed by atoms with Gasteiger partial charge in [-0.1, -0.05) is 13.0 Å². The second-order valence-electron chi connectivity index (χ2n) is 8.35. The van der Waals surface area contributed by atoms with Gasteiger partial charge in [0.2, 0.25) is 6.34 Å². The van der Waals surface area contributed by atoms with E-state index in [1.165, 1.54) is 6.07 Å². The lowest BCUT2D eigenvalue weighted by Crippen LogP contribution is -2.39. The topological polar surface area (TPSA) is 121 Å². The number of ether oxygens (including phenoxy) is 1. The number of nitrogens with two attached hydrogens (primary N) is 1. The Morgan fingerprint density at radius 3 is 2.79 bits per heavy atom. The van der Waals surface area contributed by atoms with Gasteiger partial charge in [-0.2, -0.15) is 5.41 Å². The van der Waals surface area contributed by atoms with E-state index >= 15 is 0 Å². The summed E-state index contributed by atoms with van der Waals surface area (Å²) >= 11 is 0. The molecule has 0 aliphatic carbocycles. The van der Waals surface area contributed by atoms with Crippen LogP contribution in [0.2, 0.25) is 0 Å². The molecular formula is C24H28FN6O3+. The van der Waals surface area contributed by atoms with Crippen molar-refractivity contribution in [1.82, 2.24) is 9.88 Å². The fourth-order valence-electron chi connectivity index (χ4n) is 3.98. The van der Waals surface area contributed by atoms with Crippen LogP contribution in [-0.2, 0) is 4.74 Å². The number of carbonyl (C=O) groups is 1. The zero-order chi connectivity index (χ0) is 24.2. The molecule has 1 fully saturated rings. The number of benzene rings is 2. The second-order valence-corrected chi connectivity index (χ2v) is 8.35. The molecule has 3 aromatic rings. The van der Waals surface area contributed by atoms with Crippen molar-refractivity contribution in [3.8, 4) is 11.1 Å². The standard InChI is InChI=1S/C24H27FN6O3/c1-3-15(2)33-24(32)30-10-8-16(9-11-30)23-28-21-12-17(4-7-22(21)34-23)19-6-5-18(13-20(19)25)31(14-26)29-27/h4-7,12-16,26-27H,3,8-11H2,1-2H3/p+1. The van der Waals surface area contributed by atoms with Crippen LogP contribution < -0.4 is 5.84 Å². The first kappa shape index (κ1) is 23.3. The molecule has 10 heteroatoms. The maximum atomic E-state index is 14.8. The van der Waals surface area contributed by atoms with Gasteiger partial charge in [-0.3, -0.25) is 0 Å². The fourth-order valence-corrected chi connectivity index (χ4v) is 3.98. The van der Waals surface area contributed by atoms with Crippen molar-refractivity contribution in [1.29, 1.82) is 5.41 Å². The number of fused-ring (bicyclic) bond motifs is 1. The van der Waals surface area contributed by atoms with E-state index in [4.69, 9.17) is 20.4 Å². The van der Waals surface area contributed by atoms with Gasteiger partial charge in [0.1, 0.15) is 23.1 Å². The van der Waals surface area contributed by atoms with Gasteiger partial charge < -0.3 is 14.1 Å². The van der Waals surface area contributed by atoms with E-state index in [1.807, 2.05) is 13.8 Å². The third-order valence-electron chi connectivity index (χ3n) is 6.16. The van der Waals surface area contributed by atoms with Gasteiger partial charge in [0.05, 0.1) is 0 Å². The zero-order valence-corrected chi connectivity index (χ0v) is 19.2. The number of likely N-dealkylation sites (tertiary alicyclic amines) is 1. The first-order valence-electron chi connectivity index (χ1n) is 11.3. The van der Waals surface area contributed by atoms with Gasteiger partial charge in [-0.25, -0.2) is 20.0 Å². The molecule has 1 aliphatic heterocycles. The Balaban J connectivity index is 1.49. The van der Waals surface area contributed by atoms with Gasteiger partial charge >= 0.3 is 6.09 Å². The molecule has 1 saturated heterocycles. The Morgan fingerprint density at radius 2 is 2.15 bits per heavy atom. The average molecular weight is 468 g/mol. The molecule has 4 rings (SSSR count). The number of hydrogen-bond donors (Lipinski definition) is 2. The predicted molar refractivity (Wildman–Crippen MR) is 125 cm³/mol. The minimum absolute atomic E-state index is 0.0944. The summed E-state index contributed by atoms with van der Waals surface area (Å²) in [5, 5.41) is 10.7. The molecule has 1 aliphatic rings. The molecule has 1 aromatic heterocycles. The highest BCUT2D eigenvalue weighted by molar-refractivity contribution is 5.81. The number of piperidine rings is 1. The number of nitrogens with zero attached hydrogens (tertiary/aromatic N) is 4. The summed E-state index contributed by atoms with van der Waals surface area (Å²) in [6.07, 6.45) is 2.79. The van der Waals surface area contributed by atoms with Crippen LogP contribution in [0.3, 0.4) is 0 Å². The number of halogens is 1. The highest BCUT2D eigenvalue weighted by Gasteiger charge is 2.28. The highest BCUT2D eigenvalue weighted by atomic mass is 19.1. The largest absolute Gasteiger partial charge is 0.446 e. The Labute approximate surface area is 196 Å². The van der Waals surface area contributed by atoms with Crippen LogP contribution in [0.5, 0.6) is 0 Å². The van der Waals surface area contributed by atoms with Crippen LogP contribution in [0.1, 0.15) is 44.9 Å². The SMILES string of the molecule is CCC(C)OC(=O)N1CCC(c2nc3cc(-c4ccc([N+](C=N)=NN)cc4F)ccc3o2)CC1. The van der Waals surface area contributed by atoms with Crippen molar-refractivity contribution in [3.05, 3.63) is 48.1 Å². The van der Waals surface area contributed by atoms with Crippen LogP contribution in [-0.4, -0.2) is 46.2 Å². The summed E-state index contributed by atoms with van der Waals surface area (Å²) in [6.45, 7) is 5.04. The molecule has 178 valence electrons. The van der Waals surface area contributed by atoms with Gasteiger partial charge in [0, 0.05) is 35.9 Å². The van der Waals surface area contributed by atoms with Gasteiger partial charge in [0.25, 0.3) is 0 Å². The van der Waals surface area contributed by atoms with Crippen LogP contribution in [0.25, 0.3) is 22.2 Å². The number of hydrogen-bond acceptors (Lipinski definition) is 6. The normalized spacial score (nSPS) is 16.0. The smallest absolute Gasteiger partial charge is 0.410 e. The first-order valence-corrected chi connectivity index (χ1v) is 11.3. The highest BCUT2D eigenvalue weighted by Crippen LogP contribution is 2.33. The second kappa shape index (κ2) is 9.98. The summed E-state index contributed by atoms with van der Waals surface area (Å²) < 4.78 is 27.3. The molecular weight excluding hydrogens is 439 g/mol. The Kier molecular flexibility index (Phi) is 6.85. The minimum Gasteiger partial charge on any atom is -0.446 e. The van der Waals surface area contributed by atoms with Crippen LogP contribution >= 0.6 is 0 Å². The van der Waals surface area contributed by atoms with E-state index < -0.39 is 5.82 Å². The molecule has 0 radical (unpaired) electrons. The van der Waals surface area contributed by atoms with Crippen molar-refractivity contribution >= 4 is 29.2 Å². The molecule has 1 amide bonds. The molecule has 34 heavy (non-hydrogen) atoms. The van der Waals surface area contributed by atoms with Crippen molar-refractivity contribution < 1.29 is 23.0 Å². The molecule has 1 atom stereocenters. The Bertz CT molecular complexity index is 1230. The van der Waals surface area contributed by atoms with E-state index in [0.717, 1.165) is 30.3 Å². The van der Waals surface area contributed by atoms with Crippen LogP contribution in [0.15, 0.2) is 46.0 Å². The van der Waals surface area contributed by atoms with E-state index in [0.29, 0.717) is 46.9 Å². The van der Waals surface area contributed by atoms with E-state index in [1.54, 1.807) is 35.2 Å². The lowest BCUT2D eigenvalue weighted by atomic mass is 9.97. The molecule has 0 spiro atoms. The number of rotatable bonds is 6. The van der Waals surface area contributed by atoms with Gasteiger partial charge in [-0.05, 0) is 56.0 Å². The van der Waals surface area contributed by atoms with Gasteiger partial charge in [-0.15, -0.1) is 4.70 Å². The lowest BCUT2D eigenvalue weighted by molar-refractivity contribution is -0.384. The molecule has 3 N–H and O–H groups in total. The summed E-state index contributed by atoms with van der Waals surface area (Å²) in [5.74, 6) is 5.49. The molecule has 0 saturated carbocycles. The van der Waals surface area contributed by atoms with Crippen molar-refractivity contribution in [2.24, 2.45) is 11.1 Å². The van der Waals surface area contributed by atoms with E-state index in [2.05, 4.69) is 10.2 Å². The summed E-state index contributed by atoms with van der Waals surface area (Å²) in [6, 6.07) is 9.88. The van der Waals surface area contributed by atoms with Crippen molar-refractivity contribution in [3.63, 3.8) is 0 Å². The number of oxazole rings is 1. The molecule has 9 nitrogen and oxygen atoms in total. The number of nitrogens with one attached hydrogen (secondary N) is 1. The third kappa shape index (κ3) is 4.75. The van der Waals surface area contributed by atoms with Gasteiger partial charge in [0.15, 0.2) is 11.5 Å². The monoisotopic (exact) mass is 467 g/mol. The first-order chi connectivity index (χ1) is 16.4. The fraction of sp³-hybridized carbons (Fsp3) is 0.375. The predicted octanol–water partition coefficient (Wildman–Crippen LogP) is 5.33.